The van der Waals surface area contributed by atoms with Gasteiger partial charge in [-0.2, -0.15) is 18.2 Å². The number of nitrogens with two attached hydrogens (primary N) is 1. The molecule has 2 N–H and O–H groups in total. The lowest BCUT2D eigenvalue weighted by atomic mass is 9.95. The van der Waals surface area contributed by atoms with Gasteiger partial charge in [-0.3, -0.25) is 4.79 Å². The first kappa shape index (κ1) is 14.6. The summed E-state index contributed by atoms with van der Waals surface area (Å²) in [5, 5.41) is 3.32. The Hall–Kier alpha value is -2.38. The molecule has 1 aromatic heterocycles. The van der Waals surface area contributed by atoms with Crippen molar-refractivity contribution in [1.82, 2.24) is 10.1 Å². The minimum Gasteiger partial charge on any atom is -0.369 e. The summed E-state index contributed by atoms with van der Waals surface area (Å²) in [6, 6.07) is 6.64. The van der Waals surface area contributed by atoms with Crippen LogP contribution in [0.15, 0.2) is 28.8 Å². The van der Waals surface area contributed by atoms with Gasteiger partial charge in [0.25, 0.3) is 0 Å². The first-order valence-electron chi connectivity index (χ1n) is 6.60. The first-order chi connectivity index (χ1) is 10.3. The summed E-state index contributed by atoms with van der Waals surface area (Å²) in [5.41, 5.74) is 6.20. The number of carbonyl (C=O) groups excluding carboxylic acids is 1. The van der Waals surface area contributed by atoms with Crippen LogP contribution in [-0.4, -0.2) is 16.0 Å². The van der Waals surface area contributed by atoms with Crippen molar-refractivity contribution < 1.29 is 22.5 Å². The maximum absolute atomic E-state index is 12.4. The second kappa shape index (κ2) is 4.82. The number of primary amides is 1. The highest BCUT2D eigenvalue weighted by Crippen LogP contribution is 2.48. The standard InChI is InChI=1S/C14H12F3N3O2/c15-14(16,17)12-19-10(20-22-12)9-3-1-8(2-4-9)7-13(5-6-13)11(18)21/h1-4H,5-7H2,(H2,18,21). The van der Waals surface area contributed by atoms with Gasteiger partial charge in [-0.25, -0.2) is 0 Å². The fraction of sp³-hybridized carbons (Fsp3) is 0.357. The van der Waals surface area contributed by atoms with Gasteiger partial charge >= 0.3 is 12.1 Å². The highest BCUT2D eigenvalue weighted by atomic mass is 19.4. The van der Waals surface area contributed by atoms with Gasteiger partial charge in [0, 0.05) is 5.56 Å². The quantitative estimate of drug-likeness (QED) is 0.940. The normalized spacial score (nSPS) is 16.5. The molecule has 1 saturated carbocycles. The van der Waals surface area contributed by atoms with Crippen molar-refractivity contribution in [3.8, 4) is 11.4 Å². The molecule has 1 aromatic carbocycles. The van der Waals surface area contributed by atoms with Gasteiger partial charge in [-0.1, -0.05) is 29.4 Å². The first-order valence-corrected chi connectivity index (χ1v) is 6.60. The van der Waals surface area contributed by atoms with Crippen LogP contribution in [0.1, 0.15) is 24.3 Å². The van der Waals surface area contributed by atoms with Crippen molar-refractivity contribution in [1.29, 1.82) is 0 Å². The third-order valence-corrected chi connectivity index (χ3v) is 3.80. The summed E-state index contributed by atoms with van der Waals surface area (Å²) in [7, 11) is 0. The molecule has 3 rings (SSSR count). The summed E-state index contributed by atoms with van der Waals surface area (Å²) in [5.74, 6) is -1.82. The van der Waals surface area contributed by atoms with Crippen LogP contribution in [0.5, 0.6) is 0 Å². The van der Waals surface area contributed by atoms with E-state index in [0.717, 1.165) is 18.4 Å². The Bertz CT molecular complexity index is 703. The monoisotopic (exact) mass is 311 g/mol. The van der Waals surface area contributed by atoms with Gasteiger partial charge in [-0.15, -0.1) is 0 Å². The summed E-state index contributed by atoms with van der Waals surface area (Å²) in [6.45, 7) is 0. The molecule has 22 heavy (non-hydrogen) atoms. The number of alkyl halides is 3. The maximum Gasteiger partial charge on any atom is 0.471 e. The molecule has 0 aliphatic heterocycles. The lowest BCUT2D eigenvalue weighted by molar-refractivity contribution is -0.159. The molecule has 1 heterocycles. The molecule has 5 nitrogen and oxygen atoms in total. The SMILES string of the molecule is NC(=O)C1(Cc2ccc(-c3noc(C(F)(F)F)n3)cc2)CC1. The third-order valence-electron chi connectivity index (χ3n) is 3.80. The molecule has 0 spiro atoms. The average Bonchev–Trinajstić information content (AvgIpc) is 3.05. The number of rotatable bonds is 4. The molecule has 0 unspecified atom stereocenters. The lowest BCUT2D eigenvalue weighted by Crippen LogP contribution is -2.26. The largest absolute Gasteiger partial charge is 0.471 e. The van der Waals surface area contributed by atoms with E-state index in [1.807, 2.05) is 0 Å². The zero-order chi connectivity index (χ0) is 16.0. The smallest absolute Gasteiger partial charge is 0.369 e. The number of nitrogens with zero attached hydrogens (tertiary/aromatic N) is 2. The van der Waals surface area contributed by atoms with E-state index in [4.69, 9.17) is 5.73 Å². The van der Waals surface area contributed by atoms with E-state index < -0.39 is 17.5 Å². The van der Waals surface area contributed by atoms with Gasteiger partial charge in [0.2, 0.25) is 11.7 Å². The van der Waals surface area contributed by atoms with E-state index in [1.54, 1.807) is 24.3 Å². The summed E-state index contributed by atoms with van der Waals surface area (Å²) >= 11 is 0. The van der Waals surface area contributed by atoms with Crippen molar-refractivity contribution in [3.63, 3.8) is 0 Å². The fourth-order valence-electron chi connectivity index (χ4n) is 2.28. The average molecular weight is 311 g/mol. The maximum atomic E-state index is 12.4. The van der Waals surface area contributed by atoms with Crippen molar-refractivity contribution in [2.75, 3.05) is 0 Å². The van der Waals surface area contributed by atoms with Gasteiger partial charge in [0.05, 0.1) is 5.41 Å². The summed E-state index contributed by atoms with van der Waals surface area (Å²) in [6.07, 6.45) is -2.60. The van der Waals surface area contributed by atoms with Crippen molar-refractivity contribution in [2.24, 2.45) is 11.1 Å². The Morgan fingerprint density at radius 2 is 1.91 bits per heavy atom. The molecule has 1 aliphatic rings. The Balaban J connectivity index is 1.77. The Morgan fingerprint density at radius 3 is 2.36 bits per heavy atom. The fourth-order valence-corrected chi connectivity index (χ4v) is 2.28. The second-order valence-corrected chi connectivity index (χ2v) is 5.44. The van der Waals surface area contributed by atoms with Crippen LogP contribution < -0.4 is 5.73 Å². The van der Waals surface area contributed by atoms with Gasteiger partial charge < -0.3 is 10.3 Å². The van der Waals surface area contributed by atoms with Crippen LogP contribution in [0.3, 0.4) is 0 Å². The van der Waals surface area contributed by atoms with E-state index in [-0.39, 0.29) is 11.7 Å². The Kier molecular flexibility index (Phi) is 3.19. The zero-order valence-corrected chi connectivity index (χ0v) is 11.4. The second-order valence-electron chi connectivity index (χ2n) is 5.44. The van der Waals surface area contributed by atoms with E-state index >= 15 is 0 Å². The predicted molar refractivity (Wildman–Crippen MR) is 69.3 cm³/mol. The summed E-state index contributed by atoms with van der Waals surface area (Å²) in [4.78, 5) is 14.7. The Morgan fingerprint density at radius 1 is 1.27 bits per heavy atom. The molecule has 1 fully saturated rings. The molecular formula is C14H12F3N3O2. The molecule has 2 aromatic rings. The van der Waals surface area contributed by atoms with E-state index in [1.165, 1.54) is 0 Å². The number of benzene rings is 1. The van der Waals surface area contributed by atoms with E-state index in [2.05, 4.69) is 14.7 Å². The van der Waals surface area contributed by atoms with Crippen molar-refractivity contribution in [3.05, 3.63) is 35.7 Å². The number of carbonyl (C=O) groups is 1. The number of aromatic nitrogens is 2. The van der Waals surface area contributed by atoms with Crippen LogP contribution in [-0.2, 0) is 17.4 Å². The molecular weight excluding hydrogens is 299 g/mol. The van der Waals surface area contributed by atoms with Crippen molar-refractivity contribution >= 4 is 5.91 Å². The van der Waals surface area contributed by atoms with Gasteiger partial charge in [-0.05, 0) is 24.8 Å². The Labute approximate surface area is 123 Å². The number of amides is 1. The van der Waals surface area contributed by atoms with Crippen LogP contribution >= 0.6 is 0 Å². The zero-order valence-electron chi connectivity index (χ0n) is 11.4. The highest BCUT2D eigenvalue weighted by Gasteiger charge is 2.48. The molecule has 0 saturated heterocycles. The number of halogens is 3. The molecule has 0 radical (unpaired) electrons. The van der Waals surface area contributed by atoms with Crippen LogP contribution in [0.2, 0.25) is 0 Å². The number of hydrogen-bond acceptors (Lipinski definition) is 4. The summed E-state index contributed by atoms with van der Waals surface area (Å²) < 4.78 is 41.4. The molecule has 1 aliphatic carbocycles. The lowest BCUT2D eigenvalue weighted by Gasteiger charge is -2.10. The number of hydrogen-bond donors (Lipinski definition) is 1. The molecule has 0 atom stereocenters. The molecule has 1 amide bonds. The minimum absolute atomic E-state index is 0.130. The van der Waals surface area contributed by atoms with Gasteiger partial charge in [0.15, 0.2) is 0 Å². The van der Waals surface area contributed by atoms with Crippen LogP contribution in [0.4, 0.5) is 13.2 Å². The van der Waals surface area contributed by atoms with Crippen LogP contribution in [0.25, 0.3) is 11.4 Å². The van der Waals surface area contributed by atoms with Gasteiger partial charge in [0.1, 0.15) is 0 Å². The minimum atomic E-state index is -4.66. The van der Waals surface area contributed by atoms with Crippen molar-refractivity contribution in [2.45, 2.75) is 25.4 Å². The predicted octanol–water partition coefficient (Wildman–Crippen LogP) is 2.56. The third kappa shape index (κ3) is 2.68. The molecule has 116 valence electrons. The van der Waals surface area contributed by atoms with Crippen LogP contribution in [0, 0.1) is 5.41 Å². The van der Waals surface area contributed by atoms with E-state index in [0.29, 0.717) is 12.0 Å². The van der Waals surface area contributed by atoms with E-state index in [9.17, 15) is 18.0 Å². The molecule has 0 bridgehead atoms. The molecule has 8 heteroatoms. The topological polar surface area (TPSA) is 82.0 Å². The highest BCUT2D eigenvalue weighted by molar-refractivity contribution is 5.84.